The molecule has 0 bridgehead atoms. The summed E-state index contributed by atoms with van der Waals surface area (Å²) < 4.78 is 6.76. The predicted molar refractivity (Wildman–Crippen MR) is 93.9 cm³/mol. The lowest BCUT2D eigenvalue weighted by molar-refractivity contribution is -0.115. The fraction of sp³-hybridized carbons (Fsp3) is 0.438. The van der Waals surface area contributed by atoms with Gasteiger partial charge < -0.3 is 15.0 Å². The van der Waals surface area contributed by atoms with Gasteiger partial charge in [-0.1, -0.05) is 6.07 Å². The molecule has 0 radical (unpaired) electrons. The number of aromatic nitrogens is 2. The van der Waals surface area contributed by atoms with Crippen LogP contribution >= 0.6 is 11.3 Å². The fourth-order valence-electron chi connectivity index (χ4n) is 2.65. The van der Waals surface area contributed by atoms with Gasteiger partial charge in [0.15, 0.2) is 0 Å². The van der Waals surface area contributed by atoms with Gasteiger partial charge in [0.1, 0.15) is 5.69 Å². The van der Waals surface area contributed by atoms with Crippen LogP contribution in [-0.2, 0) is 22.5 Å². The molecule has 7 nitrogen and oxygen atoms in total. The summed E-state index contributed by atoms with van der Waals surface area (Å²) in [7, 11) is 0. The molecule has 128 valence electrons. The normalized spacial score (nSPS) is 14.6. The van der Waals surface area contributed by atoms with E-state index in [1.54, 1.807) is 6.20 Å². The van der Waals surface area contributed by atoms with Crippen molar-refractivity contribution >= 4 is 28.6 Å². The van der Waals surface area contributed by atoms with Crippen LogP contribution in [0.25, 0.3) is 0 Å². The first-order valence-electron chi connectivity index (χ1n) is 7.94. The van der Waals surface area contributed by atoms with Crippen LogP contribution in [0.15, 0.2) is 28.5 Å². The van der Waals surface area contributed by atoms with Crippen LogP contribution in [0, 0.1) is 0 Å². The topological polar surface area (TPSA) is 76.5 Å². The lowest BCUT2D eigenvalue weighted by Gasteiger charge is -2.29. The molecule has 1 N–H and O–H groups in total. The Labute approximate surface area is 143 Å². The zero-order valence-corrected chi connectivity index (χ0v) is 14.3. The van der Waals surface area contributed by atoms with E-state index >= 15 is 0 Å². The number of hydrogen-bond acceptors (Lipinski definition) is 6. The van der Waals surface area contributed by atoms with Gasteiger partial charge in [0, 0.05) is 24.5 Å². The zero-order valence-electron chi connectivity index (χ0n) is 13.5. The number of morpholine rings is 1. The molecule has 0 atom stereocenters. The molecule has 0 saturated carbocycles. The minimum atomic E-state index is -0.187. The highest BCUT2D eigenvalue weighted by Gasteiger charge is 2.21. The second-order valence-corrected chi connectivity index (χ2v) is 6.46. The van der Waals surface area contributed by atoms with Crippen molar-refractivity contribution in [3.63, 3.8) is 0 Å². The first-order chi connectivity index (χ1) is 11.7. The molecule has 2 aromatic heterocycles. The SMILES string of the molecule is CCn1ncc(NC(=O)Cc2cccs2)c(N2CCOCC2)c1=O. The van der Waals surface area contributed by atoms with E-state index in [9.17, 15) is 9.59 Å². The Kier molecular flexibility index (Phi) is 5.27. The van der Waals surface area contributed by atoms with Crippen molar-refractivity contribution in [1.29, 1.82) is 0 Å². The number of hydrogen-bond donors (Lipinski definition) is 1. The number of carbonyl (C=O) groups is 1. The van der Waals surface area contributed by atoms with Crippen molar-refractivity contribution in [1.82, 2.24) is 9.78 Å². The molecule has 2 aromatic rings. The van der Waals surface area contributed by atoms with E-state index in [2.05, 4.69) is 10.4 Å². The molecule has 0 aromatic carbocycles. The highest BCUT2D eigenvalue weighted by Crippen LogP contribution is 2.22. The van der Waals surface area contributed by atoms with Gasteiger partial charge in [-0.25, -0.2) is 4.68 Å². The van der Waals surface area contributed by atoms with E-state index < -0.39 is 0 Å². The Morgan fingerprint density at radius 1 is 1.42 bits per heavy atom. The van der Waals surface area contributed by atoms with E-state index in [1.807, 2.05) is 29.3 Å². The minimum absolute atomic E-state index is 0.151. The van der Waals surface area contributed by atoms with E-state index in [0.29, 0.717) is 44.2 Å². The summed E-state index contributed by atoms with van der Waals surface area (Å²) in [5.74, 6) is -0.151. The van der Waals surface area contributed by atoms with Gasteiger partial charge in [-0.2, -0.15) is 5.10 Å². The van der Waals surface area contributed by atoms with Gasteiger partial charge in [0.05, 0.1) is 31.5 Å². The quantitative estimate of drug-likeness (QED) is 0.882. The number of carbonyl (C=O) groups excluding carboxylic acids is 1. The minimum Gasteiger partial charge on any atom is -0.378 e. The van der Waals surface area contributed by atoms with E-state index in [-0.39, 0.29) is 17.9 Å². The Morgan fingerprint density at radius 3 is 2.88 bits per heavy atom. The average molecular weight is 348 g/mol. The third-order valence-corrected chi connectivity index (χ3v) is 4.71. The Hall–Kier alpha value is -2.19. The van der Waals surface area contributed by atoms with Crippen LogP contribution in [0.4, 0.5) is 11.4 Å². The highest BCUT2D eigenvalue weighted by atomic mass is 32.1. The van der Waals surface area contributed by atoms with Crippen LogP contribution in [0.1, 0.15) is 11.8 Å². The maximum atomic E-state index is 12.7. The molecule has 1 amide bonds. The van der Waals surface area contributed by atoms with Gasteiger partial charge >= 0.3 is 0 Å². The van der Waals surface area contributed by atoms with E-state index in [1.165, 1.54) is 16.0 Å². The van der Waals surface area contributed by atoms with Crippen LogP contribution in [0.2, 0.25) is 0 Å². The Balaban J connectivity index is 1.87. The third-order valence-electron chi connectivity index (χ3n) is 3.83. The van der Waals surface area contributed by atoms with Crippen molar-refractivity contribution in [3.8, 4) is 0 Å². The number of thiophene rings is 1. The smallest absolute Gasteiger partial charge is 0.292 e. The maximum Gasteiger partial charge on any atom is 0.292 e. The van der Waals surface area contributed by atoms with E-state index in [4.69, 9.17) is 4.74 Å². The molecule has 8 heteroatoms. The second kappa shape index (κ2) is 7.59. The average Bonchev–Trinajstić information content (AvgIpc) is 3.09. The van der Waals surface area contributed by atoms with Crippen LogP contribution < -0.4 is 15.8 Å². The molecule has 1 fully saturated rings. The Morgan fingerprint density at radius 2 is 2.21 bits per heavy atom. The maximum absolute atomic E-state index is 12.7. The van der Waals surface area contributed by atoms with Crippen molar-refractivity contribution in [2.24, 2.45) is 0 Å². The van der Waals surface area contributed by atoms with Crippen molar-refractivity contribution < 1.29 is 9.53 Å². The molecule has 0 spiro atoms. The standard InChI is InChI=1S/C16H20N4O3S/c1-2-20-16(22)15(19-5-7-23-8-6-19)13(11-17-20)18-14(21)10-12-4-3-9-24-12/h3-4,9,11H,2,5-8,10H2,1H3,(H,18,21). The van der Waals surface area contributed by atoms with Gasteiger partial charge in [-0.05, 0) is 18.4 Å². The number of nitrogens with zero attached hydrogens (tertiary/aromatic N) is 3. The highest BCUT2D eigenvalue weighted by molar-refractivity contribution is 7.10. The Bertz CT molecular complexity index is 751. The summed E-state index contributed by atoms with van der Waals surface area (Å²) in [6.45, 7) is 4.73. The molecule has 3 heterocycles. The number of ether oxygens (including phenoxy) is 1. The fourth-order valence-corrected chi connectivity index (χ4v) is 3.36. The van der Waals surface area contributed by atoms with Crippen LogP contribution in [0.3, 0.4) is 0 Å². The summed E-state index contributed by atoms with van der Waals surface area (Å²) in [5, 5.41) is 8.92. The molecule has 3 rings (SSSR count). The predicted octanol–water partition coefficient (Wildman–Crippen LogP) is 1.34. The van der Waals surface area contributed by atoms with Crippen molar-refractivity contribution in [3.05, 3.63) is 38.9 Å². The van der Waals surface area contributed by atoms with Crippen molar-refractivity contribution in [2.75, 3.05) is 36.5 Å². The molecule has 0 aliphatic carbocycles. The second-order valence-electron chi connectivity index (χ2n) is 5.43. The zero-order chi connectivity index (χ0) is 16.9. The molecular weight excluding hydrogens is 328 g/mol. The van der Waals surface area contributed by atoms with Gasteiger partial charge in [0.2, 0.25) is 5.91 Å². The summed E-state index contributed by atoms with van der Waals surface area (Å²) in [6.07, 6.45) is 1.85. The molecule has 1 aliphatic rings. The summed E-state index contributed by atoms with van der Waals surface area (Å²) in [6, 6.07) is 3.83. The lowest BCUT2D eigenvalue weighted by Crippen LogP contribution is -2.41. The van der Waals surface area contributed by atoms with Gasteiger partial charge in [-0.3, -0.25) is 9.59 Å². The number of aryl methyl sites for hydroxylation is 1. The van der Waals surface area contributed by atoms with Gasteiger partial charge in [-0.15, -0.1) is 11.3 Å². The number of amides is 1. The first kappa shape index (κ1) is 16.7. The monoisotopic (exact) mass is 348 g/mol. The number of anilines is 2. The summed E-state index contributed by atoms with van der Waals surface area (Å²) in [4.78, 5) is 27.9. The van der Waals surface area contributed by atoms with E-state index in [0.717, 1.165) is 4.88 Å². The van der Waals surface area contributed by atoms with Crippen LogP contribution in [0.5, 0.6) is 0 Å². The lowest BCUT2D eigenvalue weighted by atomic mass is 10.2. The molecule has 1 saturated heterocycles. The van der Waals surface area contributed by atoms with Crippen LogP contribution in [-0.4, -0.2) is 42.0 Å². The molecular formula is C16H20N4O3S. The number of rotatable bonds is 5. The largest absolute Gasteiger partial charge is 0.378 e. The van der Waals surface area contributed by atoms with Gasteiger partial charge in [0.25, 0.3) is 5.56 Å². The summed E-state index contributed by atoms with van der Waals surface area (Å²) in [5.41, 5.74) is 0.774. The third kappa shape index (κ3) is 3.65. The first-order valence-corrected chi connectivity index (χ1v) is 8.82. The number of nitrogens with one attached hydrogen (secondary N) is 1. The van der Waals surface area contributed by atoms with Crippen molar-refractivity contribution in [2.45, 2.75) is 19.9 Å². The summed E-state index contributed by atoms with van der Waals surface area (Å²) >= 11 is 1.53. The molecule has 24 heavy (non-hydrogen) atoms. The molecule has 1 aliphatic heterocycles. The molecule has 0 unspecified atom stereocenters.